The molecule has 1 aliphatic rings. The second kappa shape index (κ2) is 5.64. The lowest BCUT2D eigenvalue weighted by molar-refractivity contribution is 0.157. The van der Waals surface area contributed by atoms with Gasteiger partial charge >= 0.3 is 0 Å². The molecule has 108 valence electrons. The number of nitrogens with zero attached hydrogens (tertiary/aromatic N) is 1. The van der Waals surface area contributed by atoms with Crippen LogP contribution in [0.15, 0.2) is 14.1 Å². The van der Waals surface area contributed by atoms with Crippen LogP contribution in [0.25, 0.3) is 0 Å². The lowest BCUT2D eigenvalue weighted by Gasteiger charge is -2.39. The van der Waals surface area contributed by atoms with E-state index in [1.165, 1.54) is 17.4 Å². The van der Waals surface area contributed by atoms with E-state index in [0.717, 1.165) is 6.42 Å². The highest BCUT2D eigenvalue weighted by Gasteiger charge is 2.38. The van der Waals surface area contributed by atoms with Crippen molar-refractivity contribution in [2.24, 2.45) is 11.8 Å². The maximum atomic E-state index is 12.7. The zero-order valence-electron chi connectivity index (χ0n) is 11.1. The lowest BCUT2D eigenvalue weighted by Crippen LogP contribution is -2.48. The molecule has 7 heteroatoms. The minimum Gasteiger partial charge on any atom is -0.206 e. The molecule has 0 spiro atoms. The van der Waals surface area contributed by atoms with E-state index in [-0.39, 0.29) is 6.04 Å². The van der Waals surface area contributed by atoms with E-state index in [4.69, 9.17) is 11.6 Å². The molecule has 1 aromatic rings. The molecule has 0 saturated carbocycles. The molecule has 0 N–H and O–H groups in total. The van der Waals surface area contributed by atoms with Gasteiger partial charge in [0.15, 0.2) is 0 Å². The second-order valence-corrected chi connectivity index (χ2v) is 10.2. The van der Waals surface area contributed by atoms with Crippen LogP contribution >= 0.6 is 38.9 Å². The molecule has 3 atom stereocenters. The molecule has 0 aromatic carbocycles. The van der Waals surface area contributed by atoms with Crippen LogP contribution in [-0.4, -0.2) is 25.3 Å². The molecule has 2 rings (SSSR count). The van der Waals surface area contributed by atoms with Crippen LogP contribution in [0.4, 0.5) is 0 Å². The minimum atomic E-state index is -3.44. The van der Waals surface area contributed by atoms with Crippen molar-refractivity contribution in [3.63, 3.8) is 0 Å². The molecule has 3 unspecified atom stereocenters. The lowest BCUT2D eigenvalue weighted by atomic mass is 9.88. The van der Waals surface area contributed by atoms with Crippen molar-refractivity contribution >= 4 is 48.9 Å². The molecule has 0 aliphatic carbocycles. The number of sulfonamides is 1. The zero-order valence-corrected chi connectivity index (χ0v) is 15.0. The van der Waals surface area contributed by atoms with E-state index < -0.39 is 10.0 Å². The summed E-state index contributed by atoms with van der Waals surface area (Å²) in [5, 5.41) is 0.453. The third-order valence-electron chi connectivity index (χ3n) is 3.73. The first-order valence-corrected chi connectivity index (χ1v) is 9.63. The average Bonchev–Trinajstić information content (AvgIpc) is 2.65. The summed E-state index contributed by atoms with van der Waals surface area (Å²) in [6.45, 7) is 6.78. The Labute approximate surface area is 132 Å². The second-order valence-electron chi connectivity index (χ2n) is 5.32. The van der Waals surface area contributed by atoms with Gasteiger partial charge in [-0.3, -0.25) is 0 Å². The Hall–Kier alpha value is 0.380. The predicted molar refractivity (Wildman–Crippen MR) is 83.3 cm³/mol. The molecular weight excluding hydrogens is 370 g/mol. The van der Waals surface area contributed by atoms with E-state index in [1.54, 1.807) is 4.31 Å². The Morgan fingerprint density at radius 2 is 2.05 bits per heavy atom. The van der Waals surface area contributed by atoms with Gasteiger partial charge in [-0.1, -0.05) is 25.4 Å². The van der Waals surface area contributed by atoms with Crippen molar-refractivity contribution in [1.29, 1.82) is 0 Å². The van der Waals surface area contributed by atoms with Crippen molar-refractivity contribution in [2.45, 2.75) is 37.4 Å². The third kappa shape index (κ3) is 3.02. The Morgan fingerprint density at radius 3 is 2.58 bits per heavy atom. The quantitative estimate of drug-likeness (QED) is 0.763. The van der Waals surface area contributed by atoms with Gasteiger partial charge < -0.3 is 0 Å². The Bertz CT molecular complexity index is 553. The standard InChI is InChI=1S/C12H17BrClNO2S2/c1-7-4-8(2)9(3)15(6-7)19(16,17)11-5-10(14)12(13)18-11/h5,7-9H,4,6H2,1-3H3. The number of hydrogen-bond acceptors (Lipinski definition) is 3. The van der Waals surface area contributed by atoms with Gasteiger partial charge in [0.2, 0.25) is 0 Å². The van der Waals surface area contributed by atoms with Gasteiger partial charge in [0, 0.05) is 12.6 Å². The highest BCUT2D eigenvalue weighted by atomic mass is 79.9. The summed E-state index contributed by atoms with van der Waals surface area (Å²) >= 11 is 10.4. The van der Waals surface area contributed by atoms with Crippen LogP contribution in [0, 0.1) is 11.8 Å². The van der Waals surface area contributed by atoms with Crippen molar-refractivity contribution in [3.05, 3.63) is 14.9 Å². The summed E-state index contributed by atoms with van der Waals surface area (Å²) in [6, 6.07) is 1.56. The van der Waals surface area contributed by atoms with Gasteiger partial charge in [0.05, 0.1) is 8.81 Å². The molecule has 1 saturated heterocycles. The average molecular weight is 387 g/mol. The van der Waals surface area contributed by atoms with Crippen molar-refractivity contribution in [3.8, 4) is 0 Å². The van der Waals surface area contributed by atoms with E-state index in [2.05, 4.69) is 29.8 Å². The highest BCUT2D eigenvalue weighted by Crippen LogP contribution is 2.38. The van der Waals surface area contributed by atoms with Crippen LogP contribution in [0.5, 0.6) is 0 Å². The summed E-state index contributed by atoms with van der Waals surface area (Å²) in [4.78, 5) is 0. The van der Waals surface area contributed by atoms with E-state index in [1.807, 2.05) is 6.92 Å². The van der Waals surface area contributed by atoms with Crippen molar-refractivity contribution in [2.75, 3.05) is 6.54 Å². The minimum absolute atomic E-state index is 0.0286. The number of halogens is 2. The fourth-order valence-corrected chi connectivity index (χ4v) is 6.93. The molecular formula is C12H17BrClNO2S2. The largest absolute Gasteiger partial charge is 0.252 e. The van der Waals surface area contributed by atoms with Gasteiger partial charge in [-0.25, -0.2) is 8.42 Å². The van der Waals surface area contributed by atoms with Crippen molar-refractivity contribution in [1.82, 2.24) is 4.31 Å². The van der Waals surface area contributed by atoms with Crippen LogP contribution in [0.2, 0.25) is 5.02 Å². The maximum absolute atomic E-state index is 12.7. The SMILES string of the molecule is CC1CC(C)C(C)N(S(=O)(=O)c2cc(Cl)c(Br)s2)C1. The smallest absolute Gasteiger partial charge is 0.206 e. The van der Waals surface area contributed by atoms with Gasteiger partial charge in [-0.2, -0.15) is 4.31 Å². The molecule has 2 heterocycles. The fourth-order valence-electron chi connectivity index (χ4n) is 2.55. The number of piperidine rings is 1. The van der Waals surface area contributed by atoms with Crippen LogP contribution in [0.3, 0.4) is 0 Å². The highest BCUT2D eigenvalue weighted by molar-refractivity contribution is 9.11. The van der Waals surface area contributed by atoms with Gasteiger partial charge in [0.1, 0.15) is 4.21 Å². The number of thiophene rings is 1. The first-order valence-electron chi connectivity index (χ1n) is 6.20. The molecule has 1 fully saturated rings. The molecule has 3 nitrogen and oxygen atoms in total. The fraction of sp³-hybridized carbons (Fsp3) is 0.667. The summed E-state index contributed by atoms with van der Waals surface area (Å²) in [7, 11) is -3.44. The normalized spacial score (nSPS) is 29.6. The topological polar surface area (TPSA) is 37.4 Å². The van der Waals surface area contributed by atoms with Gasteiger partial charge in [0.25, 0.3) is 10.0 Å². The molecule has 19 heavy (non-hydrogen) atoms. The molecule has 0 bridgehead atoms. The van der Waals surface area contributed by atoms with Crippen LogP contribution in [-0.2, 0) is 10.0 Å². The summed E-state index contributed by atoms with van der Waals surface area (Å²) in [5.74, 6) is 0.761. The molecule has 1 aliphatic heterocycles. The van der Waals surface area contributed by atoms with Gasteiger partial charge in [-0.05, 0) is 47.2 Å². The van der Waals surface area contributed by atoms with Crippen LogP contribution in [0.1, 0.15) is 27.2 Å². The Kier molecular flexibility index (Phi) is 4.68. The molecule has 1 aromatic heterocycles. The summed E-state index contributed by atoms with van der Waals surface area (Å²) in [6.07, 6.45) is 1.07. The Morgan fingerprint density at radius 1 is 1.42 bits per heavy atom. The molecule has 0 radical (unpaired) electrons. The predicted octanol–water partition coefficient (Wildman–Crippen LogP) is 4.22. The Balaban J connectivity index is 2.38. The summed E-state index contributed by atoms with van der Waals surface area (Å²) in [5.41, 5.74) is 0. The number of rotatable bonds is 2. The van der Waals surface area contributed by atoms with E-state index >= 15 is 0 Å². The number of hydrogen-bond donors (Lipinski definition) is 0. The van der Waals surface area contributed by atoms with E-state index in [0.29, 0.717) is 31.4 Å². The van der Waals surface area contributed by atoms with E-state index in [9.17, 15) is 8.42 Å². The summed E-state index contributed by atoms with van der Waals surface area (Å²) < 4.78 is 28.0. The third-order valence-corrected chi connectivity index (χ3v) is 8.61. The first kappa shape index (κ1) is 15.8. The molecule has 0 amide bonds. The van der Waals surface area contributed by atoms with Crippen LogP contribution < -0.4 is 0 Å². The van der Waals surface area contributed by atoms with Crippen molar-refractivity contribution < 1.29 is 8.42 Å². The first-order chi connectivity index (χ1) is 8.73. The zero-order chi connectivity index (χ0) is 14.4. The monoisotopic (exact) mass is 385 g/mol. The van der Waals surface area contributed by atoms with Gasteiger partial charge in [-0.15, -0.1) is 11.3 Å². The maximum Gasteiger partial charge on any atom is 0.252 e.